The molecule has 2 N–H and O–H groups in total. The zero-order valence-corrected chi connectivity index (χ0v) is 3.20. The molecular formula is CH3NO2S. The van der Waals surface area contributed by atoms with Gasteiger partial charge in [-0.3, -0.25) is 10.0 Å². The van der Waals surface area contributed by atoms with Gasteiger partial charge in [-0.05, 0) is 0 Å². The number of nitrogens with one attached hydrogen (secondary N) is 1. The van der Waals surface area contributed by atoms with Crippen LogP contribution in [0.3, 0.4) is 0 Å². The van der Waals surface area contributed by atoms with Crippen LogP contribution in [-0.4, -0.2) is 10.4 Å². The van der Waals surface area contributed by atoms with E-state index in [0.29, 0.717) is 0 Å². The summed E-state index contributed by atoms with van der Waals surface area (Å²) in [5, 5.41) is 6.72. The van der Waals surface area contributed by atoms with E-state index in [-0.39, 0.29) is 0 Å². The Balaban J connectivity index is 2.85. The van der Waals surface area contributed by atoms with Gasteiger partial charge in [0.25, 0.3) is 5.24 Å². The molecule has 5 heavy (non-hydrogen) atoms. The van der Waals surface area contributed by atoms with Crippen molar-refractivity contribution in [3.63, 3.8) is 0 Å². The summed E-state index contributed by atoms with van der Waals surface area (Å²) < 4.78 is 0. The molecule has 0 saturated heterocycles. The summed E-state index contributed by atoms with van der Waals surface area (Å²) in [6, 6.07) is 0. The minimum Gasteiger partial charge on any atom is -0.288 e. The first-order valence-corrected chi connectivity index (χ1v) is 1.35. The third-order valence-corrected chi connectivity index (χ3v) is 0.196. The van der Waals surface area contributed by atoms with Crippen LogP contribution in [0.5, 0.6) is 0 Å². The predicted octanol–water partition coefficient (Wildman–Crippen LogP) is 0.0150. The molecule has 0 atom stereocenters. The lowest BCUT2D eigenvalue weighted by atomic mass is 11.4. The van der Waals surface area contributed by atoms with E-state index in [1.165, 1.54) is 5.48 Å². The number of thiol groups is 1. The molecule has 0 heterocycles. The monoisotopic (exact) mass is 93.0 g/mol. The number of hydroxylamine groups is 1. The van der Waals surface area contributed by atoms with E-state index >= 15 is 0 Å². The quantitative estimate of drug-likeness (QED) is 0.224. The van der Waals surface area contributed by atoms with Crippen molar-refractivity contribution in [3.05, 3.63) is 0 Å². The van der Waals surface area contributed by atoms with E-state index in [1.807, 2.05) is 0 Å². The summed E-state index contributed by atoms with van der Waals surface area (Å²) in [6.07, 6.45) is 0. The van der Waals surface area contributed by atoms with Crippen molar-refractivity contribution < 1.29 is 10.0 Å². The van der Waals surface area contributed by atoms with Crippen molar-refractivity contribution in [2.24, 2.45) is 0 Å². The van der Waals surface area contributed by atoms with Gasteiger partial charge in [-0.15, -0.1) is 0 Å². The maximum absolute atomic E-state index is 9.32. The highest BCUT2D eigenvalue weighted by molar-refractivity contribution is 7.96. The first-order valence-electron chi connectivity index (χ1n) is 0.901. The molecule has 0 aliphatic rings. The summed E-state index contributed by atoms with van der Waals surface area (Å²) in [5.41, 5.74) is 1.25. The summed E-state index contributed by atoms with van der Waals surface area (Å²) in [7, 11) is 0. The Morgan fingerprint density at radius 2 is 2.20 bits per heavy atom. The van der Waals surface area contributed by atoms with Gasteiger partial charge >= 0.3 is 0 Å². The SMILES string of the molecule is O=C(S)NO. The Bertz CT molecular complexity index is 44.9. The molecule has 0 aromatic carbocycles. The van der Waals surface area contributed by atoms with Gasteiger partial charge in [0.1, 0.15) is 0 Å². The largest absolute Gasteiger partial charge is 0.299 e. The Kier molecular flexibility index (Phi) is 1.95. The van der Waals surface area contributed by atoms with Crippen LogP contribution in [0, 0.1) is 0 Å². The van der Waals surface area contributed by atoms with E-state index in [1.54, 1.807) is 0 Å². The van der Waals surface area contributed by atoms with Crippen LogP contribution < -0.4 is 5.48 Å². The van der Waals surface area contributed by atoms with Crippen LogP contribution in [0.15, 0.2) is 0 Å². The van der Waals surface area contributed by atoms with E-state index < -0.39 is 5.24 Å². The molecule has 0 aliphatic heterocycles. The Morgan fingerprint density at radius 1 is 2.00 bits per heavy atom. The van der Waals surface area contributed by atoms with Crippen molar-refractivity contribution in [1.82, 2.24) is 5.48 Å². The average Bonchev–Trinajstić information content (AvgIpc) is 1.38. The van der Waals surface area contributed by atoms with Crippen LogP contribution in [0.25, 0.3) is 0 Å². The third-order valence-electron chi connectivity index (χ3n) is 0.0956. The summed E-state index contributed by atoms with van der Waals surface area (Å²) in [4.78, 5) is 9.32. The zero-order chi connectivity index (χ0) is 4.28. The zero-order valence-electron chi connectivity index (χ0n) is 2.30. The van der Waals surface area contributed by atoms with Crippen molar-refractivity contribution in [3.8, 4) is 0 Å². The normalized spacial score (nSPS) is 6.80. The highest BCUT2D eigenvalue weighted by Gasteiger charge is 1.76. The van der Waals surface area contributed by atoms with Crippen LogP contribution in [0.1, 0.15) is 0 Å². The lowest BCUT2D eigenvalue weighted by molar-refractivity contribution is 0.181. The number of carbonyl (C=O) groups excluding carboxylic acids is 1. The van der Waals surface area contributed by atoms with Crippen LogP contribution in [0.2, 0.25) is 0 Å². The van der Waals surface area contributed by atoms with Crippen LogP contribution in [-0.2, 0) is 0 Å². The van der Waals surface area contributed by atoms with Crippen LogP contribution in [0.4, 0.5) is 4.79 Å². The van der Waals surface area contributed by atoms with Crippen molar-refractivity contribution in [2.45, 2.75) is 0 Å². The average molecular weight is 93.1 g/mol. The molecule has 0 unspecified atom stereocenters. The highest BCUT2D eigenvalue weighted by Crippen LogP contribution is 1.67. The minimum atomic E-state index is -0.745. The van der Waals surface area contributed by atoms with Crippen molar-refractivity contribution in [2.75, 3.05) is 0 Å². The van der Waals surface area contributed by atoms with E-state index in [4.69, 9.17) is 5.21 Å². The topological polar surface area (TPSA) is 49.3 Å². The van der Waals surface area contributed by atoms with Gasteiger partial charge in [0.05, 0.1) is 0 Å². The smallest absolute Gasteiger partial charge is 0.288 e. The third kappa shape index (κ3) is 3.78. The van der Waals surface area contributed by atoms with E-state index in [2.05, 4.69) is 12.6 Å². The van der Waals surface area contributed by atoms with E-state index in [9.17, 15) is 4.79 Å². The van der Waals surface area contributed by atoms with Gasteiger partial charge in [0.15, 0.2) is 0 Å². The minimum absolute atomic E-state index is 0.745. The predicted molar refractivity (Wildman–Crippen MR) is 19.3 cm³/mol. The first-order chi connectivity index (χ1) is 2.27. The Hall–Kier alpha value is -0.220. The Morgan fingerprint density at radius 3 is 2.20 bits per heavy atom. The molecule has 0 aromatic rings. The molecule has 0 aromatic heterocycles. The van der Waals surface area contributed by atoms with Gasteiger partial charge in [-0.2, -0.15) is 0 Å². The van der Waals surface area contributed by atoms with Crippen LogP contribution >= 0.6 is 12.6 Å². The number of amides is 1. The second-order valence-corrected chi connectivity index (χ2v) is 0.823. The highest BCUT2D eigenvalue weighted by atomic mass is 32.1. The fourth-order valence-electron chi connectivity index (χ4n) is 0. The first kappa shape index (κ1) is 4.78. The van der Waals surface area contributed by atoms with Crippen molar-refractivity contribution in [1.29, 1.82) is 0 Å². The summed E-state index contributed by atoms with van der Waals surface area (Å²) in [6.45, 7) is 0. The maximum atomic E-state index is 9.32. The van der Waals surface area contributed by atoms with Gasteiger partial charge in [-0.25, -0.2) is 5.48 Å². The molecule has 4 heteroatoms. The standard InChI is InChI=1S/CH3NO2S/c3-1(5)2-4/h4H,(H2,2,3,5). The summed E-state index contributed by atoms with van der Waals surface area (Å²) in [5.74, 6) is 0. The Labute approximate surface area is 34.4 Å². The molecule has 0 bridgehead atoms. The lowest BCUT2D eigenvalue weighted by Crippen LogP contribution is -2.08. The molecule has 0 radical (unpaired) electrons. The molecule has 0 spiro atoms. The second-order valence-electron chi connectivity index (χ2n) is 0.417. The lowest BCUT2D eigenvalue weighted by Gasteiger charge is -1.77. The number of hydrogen-bond acceptors (Lipinski definition) is 2. The molecule has 0 saturated carbocycles. The molecular weight excluding hydrogens is 90.1 g/mol. The molecule has 0 fully saturated rings. The number of rotatable bonds is 0. The van der Waals surface area contributed by atoms with Crippen molar-refractivity contribution >= 4 is 17.9 Å². The maximum Gasteiger partial charge on any atom is 0.299 e. The van der Waals surface area contributed by atoms with E-state index in [0.717, 1.165) is 0 Å². The molecule has 3 nitrogen and oxygen atoms in total. The molecule has 0 aliphatic carbocycles. The number of carbonyl (C=O) groups is 1. The molecule has 0 rings (SSSR count). The van der Waals surface area contributed by atoms with Gasteiger partial charge < -0.3 is 0 Å². The molecule has 1 amide bonds. The van der Waals surface area contributed by atoms with Gasteiger partial charge in [-0.1, -0.05) is 12.6 Å². The second kappa shape index (κ2) is 2.04. The fraction of sp³-hybridized carbons (Fsp3) is 0. The number of hydrogen-bond donors (Lipinski definition) is 3. The summed E-state index contributed by atoms with van der Waals surface area (Å²) >= 11 is 3.10. The van der Waals surface area contributed by atoms with Gasteiger partial charge in [0, 0.05) is 0 Å². The fourth-order valence-corrected chi connectivity index (χ4v) is 0. The molecule has 30 valence electrons. The van der Waals surface area contributed by atoms with Gasteiger partial charge in [0.2, 0.25) is 0 Å².